The summed E-state index contributed by atoms with van der Waals surface area (Å²) in [7, 11) is 0. The number of benzene rings is 2. The first-order chi connectivity index (χ1) is 10.5. The highest BCUT2D eigenvalue weighted by Crippen LogP contribution is 2.41. The van der Waals surface area contributed by atoms with Crippen LogP contribution in [0.2, 0.25) is 0 Å². The van der Waals surface area contributed by atoms with E-state index in [0.717, 1.165) is 17.1 Å². The van der Waals surface area contributed by atoms with Crippen molar-refractivity contribution in [1.82, 2.24) is 0 Å². The Morgan fingerprint density at radius 1 is 0.818 bits per heavy atom. The van der Waals surface area contributed by atoms with Crippen LogP contribution in [-0.2, 0) is 5.41 Å². The lowest BCUT2D eigenvalue weighted by atomic mass is 9.94. The normalized spacial score (nSPS) is 11.6. The van der Waals surface area contributed by atoms with Gasteiger partial charge in [-0.05, 0) is 18.2 Å². The van der Waals surface area contributed by atoms with Crippen molar-refractivity contribution in [3.63, 3.8) is 0 Å². The highest BCUT2D eigenvalue weighted by Gasteiger charge is 2.22. The Balaban J connectivity index is 2.05. The van der Waals surface area contributed by atoms with Crippen molar-refractivity contribution in [3.05, 3.63) is 72.5 Å². The summed E-state index contributed by atoms with van der Waals surface area (Å²) < 4.78 is 6.22. The van der Waals surface area contributed by atoms with E-state index < -0.39 is 0 Å². The number of rotatable bonds is 3. The third-order valence-electron chi connectivity index (χ3n) is 3.44. The molecule has 0 aliphatic heterocycles. The summed E-state index contributed by atoms with van der Waals surface area (Å²) >= 11 is 1.75. The second kappa shape index (κ2) is 6.05. The SMILES string of the molecule is CC(C)(C)c1cc(Sc2ccccc2)c(-c2ccccc2)o1. The molecule has 0 aliphatic rings. The smallest absolute Gasteiger partial charge is 0.148 e. The average Bonchev–Trinajstić information content (AvgIpc) is 2.93. The summed E-state index contributed by atoms with van der Waals surface area (Å²) in [5, 5.41) is 0. The molecule has 0 radical (unpaired) electrons. The zero-order chi connectivity index (χ0) is 15.6. The van der Waals surface area contributed by atoms with Crippen molar-refractivity contribution in [1.29, 1.82) is 0 Å². The summed E-state index contributed by atoms with van der Waals surface area (Å²) in [6.45, 7) is 6.53. The van der Waals surface area contributed by atoms with Gasteiger partial charge in [-0.3, -0.25) is 0 Å². The summed E-state index contributed by atoms with van der Waals surface area (Å²) in [5.41, 5.74) is 1.12. The molecule has 0 aliphatic carbocycles. The monoisotopic (exact) mass is 308 g/mol. The van der Waals surface area contributed by atoms with Gasteiger partial charge in [0.05, 0.1) is 4.90 Å². The van der Waals surface area contributed by atoms with Gasteiger partial charge in [-0.15, -0.1) is 0 Å². The predicted molar refractivity (Wildman–Crippen MR) is 93.4 cm³/mol. The molecule has 0 saturated carbocycles. The van der Waals surface area contributed by atoms with E-state index >= 15 is 0 Å². The topological polar surface area (TPSA) is 13.1 Å². The van der Waals surface area contributed by atoms with Crippen molar-refractivity contribution < 1.29 is 4.42 Å². The van der Waals surface area contributed by atoms with E-state index in [1.807, 2.05) is 24.3 Å². The molecule has 2 heteroatoms. The third kappa shape index (κ3) is 3.28. The number of hydrogen-bond acceptors (Lipinski definition) is 2. The maximum Gasteiger partial charge on any atom is 0.148 e. The molecule has 3 aromatic rings. The van der Waals surface area contributed by atoms with Gasteiger partial charge in [0.1, 0.15) is 11.5 Å². The minimum absolute atomic E-state index is 0.000964. The highest BCUT2D eigenvalue weighted by molar-refractivity contribution is 7.99. The molecule has 112 valence electrons. The van der Waals surface area contributed by atoms with E-state index in [2.05, 4.69) is 63.2 Å². The Morgan fingerprint density at radius 3 is 2.00 bits per heavy atom. The van der Waals surface area contributed by atoms with E-state index in [1.165, 1.54) is 9.79 Å². The quantitative estimate of drug-likeness (QED) is 0.555. The van der Waals surface area contributed by atoms with Gasteiger partial charge >= 0.3 is 0 Å². The van der Waals surface area contributed by atoms with Gasteiger partial charge in [-0.2, -0.15) is 0 Å². The molecule has 22 heavy (non-hydrogen) atoms. The second-order valence-electron chi connectivity index (χ2n) is 6.34. The molecular formula is C20H20OS. The zero-order valence-corrected chi connectivity index (χ0v) is 14.0. The minimum Gasteiger partial charge on any atom is -0.459 e. The summed E-state index contributed by atoms with van der Waals surface area (Å²) in [6, 6.07) is 22.9. The Labute approximate surface area is 136 Å². The standard InChI is InChI=1S/C20H20OS/c1-20(2,3)18-14-17(22-16-12-8-5-9-13-16)19(21-18)15-10-6-4-7-11-15/h4-14H,1-3H3. The van der Waals surface area contributed by atoms with Crippen molar-refractivity contribution >= 4 is 11.8 Å². The molecule has 0 unspecified atom stereocenters. The van der Waals surface area contributed by atoms with Crippen LogP contribution in [0.3, 0.4) is 0 Å². The lowest BCUT2D eigenvalue weighted by Crippen LogP contribution is -2.09. The lowest BCUT2D eigenvalue weighted by Gasteiger charge is -2.13. The van der Waals surface area contributed by atoms with Crippen LogP contribution >= 0.6 is 11.8 Å². The molecule has 0 fully saturated rings. The van der Waals surface area contributed by atoms with E-state index in [4.69, 9.17) is 4.42 Å². The third-order valence-corrected chi connectivity index (χ3v) is 4.48. The molecule has 1 nitrogen and oxygen atoms in total. The maximum absolute atomic E-state index is 6.22. The summed E-state index contributed by atoms with van der Waals surface area (Å²) in [4.78, 5) is 2.39. The zero-order valence-electron chi connectivity index (χ0n) is 13.2. The van der Waals surface area contributed by atoms with Crippen LogP contribution in [-0.4, -0.2) is 0 Å². The largest absolute Gasteiger partial charge is 0.459 e. The first-order valence-corrected chi connectivity index (χ1v) is 8.28. The fraction of sp³-hybridized carbons (Fsp3) is 0.200. The molecular weight excluding hydrogens is 288 g/mol. The van der Waals surface area contributed by atoms with E-state index in [9.17, 15) is 0 Å². The van der Waals surface area contributed by atoms with Crippen molar-refractivity contribution in [2.24, 2.45) is 0 Å². The van der Waals surface area contributed by atoms with E-state index in [1.54, 1.807) is 11.8 Å². The molecule has 0 saturated heterocycles. The van der Waals surface area contributed by atoms with Crippen molar-refractivity contribution in [3.8, 4) is 11.3 Å². The Hall–Kier alpha value is -1.93. The van der Waals surface area contributed by atoms with E-state index in [0.29, 0.717) is 0 Å². The highest BCUT2D eigenvalue weighted by atomic mass is 32.2. The Bertz CT molecular complexity index is 736. The molecule has 0 spiro atoms. The Kier molecular flexibility index (Phi) is 4.12. The van der Waals surface area contributed by atoms with Gasteiger partial charge in [0, 0.05) is 15.9 Å². The minimum atomic E-state index is -0.000964. The van der Waals surface area contributed by atoms with Crippen molar-refractivity contribution in [2.75, 3.05) is 0 Å². The summed E-state index contributed by atoms with van der Waals surface area (Å²) in [6.07, 6.45) is 0. The molecule has 3 rings (SSSR count). The van der Waals surface area contributed by atoms with Crippen LogP contribution in [0.15, 0.2) is 80.9 Å². The van der Waals surface area contributed by atoms with Gasteiger partial charge in [0.25, 0.3) is 0 Å². The van der Waals surface area contributed by atoms with Gasteiger partial charge < -0.3 is 4.42 Å². The average molecular weight is 308 g/mol. The molecule has 0 amide bonds. The first kappa shape index (κ1) is 15.0. The lowest BCUT2D eigenvalue weighted by molar-refractivity contribution is 0.416. The number of furan rings is 1. The molecule has 1 heterocycles. The predicted octanol–water partition coefficient (Wildman–Crippen LogP) is 6.40. The van der Waals surface area contributed by atoms with Crippen LogP contribution in [0.25, 0.3) is 11.3 Å². The summed E-state index contributed by atoms with van der Waals surface area (Å²) in [5.74, 6) is 1.98. The van der Waals surface area contributed by atoms with Gasteiger partial charge in [-0.1, -0.05) is 81.1 Å². The van der Waals surface area contributed by atoms with Crippen molar-refractivity contribution in [2.45, 2.75) is 36.0 Å². The molecule has 0 atom stereocenters. The molecule has 0 N–H and O–H groups in total. The second-order valence-corrected chi connectivity index (χ2v) is 7.45. The first-order valence-electron chi connectivity index (χ1n) is 7.47. The fourth-order valence-electron chi connectivity index (χ4n) is 2.23. The van der Waals surface area contributed by atoms with Crippen LogP contribution in [0.4, 0.5) is 0 Å². The molecule has 0 bridgehead atoms. The van der Waals surface area contributed by atoms with Crippen LogP contribution < -0.4 is 0 Å². The Morgan fingerprint density at radius 2 is 1.41 bits per heavy atom. The van der Waals surface area contributed by atoms with Crippen LogP contribution in [0.1, 0.15) is 26.5 Å². The van der Waals surface area contributed by atoms with Gasteiger partial charge in [0.2, 0.25) is 0 Å². The molecule has 1 aromatic heterocycles. The maximum atomic E-state index is 6.22. The van der Waals surface area contributed by atoms with E-state index in [-0.39, 0.29) is 5.41 Å². The van der Waals surface area contributed by atoms with Gasteiger partial charge in [0.15, 0.2) is 0 Å². The fourth-order valence-corrected chi connectivity index (χ4v) is 3.19. The van der Waals surface area contributed by atoms with Crippen LogP contribution in [0, 0.1) is 0 Å². The van der Waals surface area contributed by atoms with Gasteiger partial charge in [-0.25, -0.2) is 0 Å². The number of hydrogen-bond donors (Lipinski definition) is 0. The molecule has 2 aromatic carbocycles. The van der Waals surface area contributed by atoms with Crippen LogP contribution in [0.5, 0.6) is 0 Å².